The second kappa shape index (κ2) is 1.90. The third kappa shape index (κ3) is 1.03. The van der Waals surface area contributed by atoms with Crippen LogP contribution < -0.4 is 5.48 Å². The first-order valence-electron chi connectivity index (χ1n) is 2.56. The van der Waals surface area contributed by atoms with E-state index in [1.165, 1.54) is 0 Å². The molecular formula is C6H9NO. The lowest BCUT2D eigenvalue weighted by molar-refractivity contribution is 0.157. The second-order valence-corrected chi connectivity index (χ2v) is 1.91. The number of hydroxylamine groups is 1. The molecule has 2 heteroatoms. The topological polar surface area (TPSA) is 21.3 Å². The molecule has 0 aromatic carbocycles. The molecule has 0 bridgehead atoms. The van der Waals surface area contributed by atoms with Crippen molar-refractivity contribution >= 4 is 0 Å². The van der Waals surface area contributed by atoms with E-state index < -0.39 is 0 Å². The van der Waals surface area contributed by atoms with E-state index in [1.54, 1.807) is 6.26 Å². The van der Waals surface area contributed by atoms with Crippen molar-refractivity contribution in [2.75, 3.05) is 0 Å². The van der Waals surface area contributed by atoms with Crippen LogP contribution in [0, 0.1) is 0 Å². The Balaban J connectivity index is 2.69. The fraction of sp³-hybridized carbons (Fsp3) is 0.333. The number of nitrogens with one attached hydrogen (secondary N) is 1. The van der Waals surface area contributed by atoms with Crippen LogP contribution in [0.5, 0.6) is 0 Å². The van der Waals surface area contributed by atoms with Crippen LogP contribution in [0.3, 0.4) is 0 Å². The fourth-order valence-corrected chi connectivity index (χ4v) is 0.620. The summed E-state index contributed by atoms with van der Waals surface area (Å²) in [6.07, 6.45) is 3.69. The highest BCUT2D eigenvalue weighted by Gasteiger charge is 1.93. The third-order valence-corrected chi connectivity index (χ3v) is 0.909. The molecule has 1 N–H and O–H groups in total. The number of rotatable bonds is 0. The zero-order valence-electron chi connectivity index (χ0n) is 5.06. The SMILES string of the molecule is CC1=CONC(C)=C1. The number of hydrogen-bond acceptors (Lipinski definition) is 2. The van der Waals surface area contributed by atoms with E-state index in [2.05, 4.69) is 5.48 Å². The van der Waals surface area contributed by atoms with Gasteiger partial charge in [0.1, 0.15) is 6.26 Å². The highest BCUT2D eigenvalue weighted by molar-refractivity contribution is 5.19. The van der Waals surface area contributed by atoms with Crippen molar-refractivity contribution in [1.29, 1.82) is 0 Å². The number of hydrogen-bond donors (Lipinski definition) is 1. The van der Waals surface area contributed by atoms with Crippen molar-refractivity contribution in [3.8, 4) is 0 Å². The Labute approximate surface area is 48.8 Å². The summed E-state index contributed by atoms with van der Waals surface area (Å²) in [7, 11) is 0. The lowest BCUT2D eigenvalue weighted by atomic mass is 10.3. The summed E-state index contributed by atoms with van der Waals surface area (Å²) in [5.41, 5.74) is 4.88. The predicted octanol–water partition coefficient (Wildman–Crippen LogP) is 1.33. The van der Waals surface area contributed by atoms with Crippen LogP contribution in [-0.2, 0) is 4.84 Å². The minimum Gasteiger partial charge on any atom is -0.390 e. The van der Waals surface area contributed by atoms with E-state index in [0.717, 1.165) is 11.3 Å². The Morgan fingerprint density at radius 1 is 1.50 bits per heavy atom. The van der Waals surface area contributed by atoms with Crippen molar-refractivity contribution in [3.05, 3.63) is 23.6 Å². The van der Waals surface area contributed by atoms with Gasteiger partial charge < -0.3 is 4.84 Å². The van der Waals surface area contributed by atoms with Gasteiger partial charge in [-0.1, -0.05) is 0 Å². The first kappa shape index (κ1) is 5.22. The van der Waals surface area contributed by atoms with Gasteiger partial charge in [-0.2, -0.15) is 0 Å². The van der Waals surface area contributed by atoms with Crippen LogP contribution in [0.15, 0.2) is 23.6 Å². The van der Waals surface area contributed by atoms with Crippen LogP contribution >= 0.6 is 0 Å². The van der Waals surface area contributed by atoms with E-state index >= 15 is 0 Å². The first-order valence-corrected chi connectivity index (χ1v) is 2.56. The quantitative estimate of drug-likeness (QED) is 0.509. The summed E-state index contributed by atoms with van der Waals surface area (Å²) >= 11 is 0. The molecule has 0 fully saturated rings. The molecule has 0 aromatic rings. The van der Waals surface area contributed by atoms with Gasteiger partial charge in [-0.25, -0.2) is 5.48 Å². The van der Waals surface area contributed by atoms with Gasteiger partial charge in [0.15, 0.2) is 0 Å². The van der Waals surface area contributed by atoms with Gasteiger partial charge in [0, 0.05) is 5.70 Å². The molecule has 0 atom stereocenters. The molecule has 1 rings (SSSR count). The van der Waals surface area contributed by atoms with Gasteiger partial charge in [0.2, 0.25) is 0 Å². The Morgan fingerprint density at radius 3 is 2.62 bits per heavy atom. The smallest absolute Gasteiger partial charge is 0.122 e. The lowest BCUT2D eigenvalue weighted by Gasteiger charge is -2.09. The maximum Gasteiger partial charge on any atom is 0.122 e. The average Bonchev–Trinajstić information content (AvgIpc) is 1.64. The van der Waals surface area contributed by atoms with Gasteiger partial charge in [-0.05, 0) is 25.5 Å². The highest BCUT2D eigenvalue weighted by Crippen LogP contribution is 2.03. The first-order chi connectivity index (χ1) is 3.79. The molecule has 0 unspecified atom stereocenters. The van der Waals surface area contributed by atoms with E-state index in [1.807, 2.05) is 19.9 Å². The second-order valence-electron chi connectivity index (χ2n) is 1.91. The number of allylic oxidation sites excluding steroid dienone is 3. The van der Waals surface area contributed by atoms with Crippen LogP contribution in [0.4, 0.5) is 0 Å². The Bertz CT molecular complexity index is 147. The molecule has 0 saturated heterocycles. The van der Waals surface area contributed by atoms with Crippen molar-refractivity contribution in [1.82, 2.24) is 5.48 Å². The Morgan fingerprint density at radius 2 is 2.25 bits per heavy atom. The summed E-state index contributed by atoms with van der Waals surface area (Å²) in [5.74, 6) is 0. The standard InChI is InChI=1S/C6H9NO/c1-5-3-6(2)7-8-4-5/h3-4,7H,1-2H3. The Kier molecular flexibility index (Phi) is 1.24. The lowest BCUT2D eigenvalue weighted by Crippen LogP contribution is -2.11. The van der Waals surface area contributed by atoms with Gasteiger partial charge in [-0.3, -0.25) is 0 Å². The molecule has 2 nitrogen and oxygen atoms in total. The maximum atomic E-state index is 4.81. The van der Waals surface area contributed by atoms with Crippen LogP contribution in [0.25, 0.3) is 0 Å². The van der Waals surface area contributed by atoms with Crippen LogP contribution in [0.2, 0.25) is 0 Å². The maximum absolute atomic E-state index is 4.81. The molecule has 0 aliphatic carbocycles. The van der Waals surface area contributed by atoms with Gasteiger partial charge in [0.05, 0.1) is 0 Å². The van der Waals surface area contributed by atoms with Crippen molar-refractivity contribution < 1.29 is 4.84 Å². The van der Waals surface area contributed by atoms with E-state index in [0.29, 0.717) is 0 Å². The average molecular weight is 111 g/mol. The summed E-state index contributed by atoms with van der Waals surface area (Å²) in [4.78, 5) is 4.81. The van der Waals surface area contributed by atoms with Gasteiger partial charge in [0.25, 0.3) is 0 Å². The minimum atomic E-state index is 1.05. The van der Waals surface area contributed by atoms with Crippen LogP contribution in [-0.4, -0.2) is 0 Å². The van der Waals surface area contributed by atoms with E-state index in [4.69, 9.17) is 4.84 Å². The van der Waals surface area contributed by atoms with Gasteiger partial charge in [-0.15, -0.1) is 0 Å². The summed E-state index contributed by atoms with van der Waals surface area (Å²) < 4.78 is 0. The molecule has 1 aliphatic rings. The highest BCUT2D eigenvalue weighted by atomic mass is 16.6. The molecule has 0 saturated carbocycles. The van der Waals surface area contributed by atoms with Crippen molar-refractivity contribution in [2.45, 2.75) is 13.8 Å². The van der Waals surface area contributed by atoms with Crippen LogP contribution in [0.1, 0.15) is 13.8 Å². The monoisotopic (exact) mass is 111 g/mol. The summed E-state index contributed by atoms with van der Waals surface area (Å²) in [5, 5.41) is 0. The normalized spacial score (nSPS) is 17.8. The molecule has 8 heavy (non-hydrogen) atoms. The van der Waals surface area contributed by atoms with Gasteiger partial charge >= 0.3 is 0 Å². The largest absolute Gasteiger partial charge is 0.390 e. The minimum absolute atomic E-state index is 1.05. The van der Waals surface area contributed by atoms with Crippen molar-refractivity contribution in [2.24, 2.45) is 0 Å². The molecule has 0 aromatic heterocycles. The van der Waals surface area contributed by atoms with E-state index in [-0.39, 0.29) is 0 Å². The molecular weight excluding hydrogens is 102 g/mol. The molecule has 1 aliphatic heterocycles. The zero-order valence-corrected chi connectivity index (χ0v) is 5.06. The molecule has 44 valence electrons. The fourth-order valence-electron chi connectivity index (χ4n) is 0.620. The third-order valence-electron chi connectivity index (χ3n) is 0.909. The summed E-state index contributed by atoms with van der Waals surface area (Å²) in [6, 6.07) is 0. The summed E-state index contributed by atoms with van der Waals surface area (Å²) in [6.45, 7) is 3.95. The van der Waals surface area contributed by atoms with E-state index in [9.17, 15) is 0 Å². The molecule has 0 spiro atoms. The Hall–Kier alpha value is -0.920. The van der Waals surface area contributed by atoms with Crippen molar-refractivity contribution in [3.63, 3.8) is 0 Å². The molecule has 0 radical (unpaired) electrons. The molecule has 0 amide bonds. The predicted molar refractivity (Wildman–Crippen MR) is 31.7 cm³/mol. The molecule has 1 heterocycles. The zero-order chi connectivity index (χ0) is 5.98.